The Bertz CT molecular complexity index is 463. The van der Waals surface area contributed by atoms with Gasteiger partial charge in [-0.15, -0.1) is 11.3 Å². The van der Waals surface area contributed by atoms with Crippen molar-refractivity contribution in [1.82, 2.24) is 5.43 Å². The van der Waals surface area contributed by atoms with Crippen molar-refractivity contribution in [3.63, 3.8) is 0 Å². The van der Waals surface area contributed by atoms with Crippen LogP contribution in [-0.2, 0) is 11.2 Å². The minimum absolute atomic E-state index is 0.0415. The predicted molar refractivity (Wildman–Crippen MR) is 60.0 cm³/mol. The number of carbonyl (C=O) groups excluding carboxylic acids is 1. The van der Waals surface area contributed by atoms with E-state index < -0.39 is 0 Å². The van der Waals surface area contributed by atoms with Gasteiger partial charge >= 0.3 is 0 Å². The normalized spacial score (nSPS) is 28.9. The van der Waals surface area contributed by atoms with Gasteiger partial charge in [0.05, 0.1) is 10.6 Å². The Hall–Kier alpha value is -1.16. The third-order valence-corrected chi connectivity index (χ3v) is 4.29. The largest absolute Gasteiger partial charge is 0.273 e. The van der Waals surface area contributed by atoms with Crippen LogP contribution in [0.1, 0.15) is 30.2 Å². The number of hydrogen-bond acceptors (Lipinski definition) is 3. The SMILES string of the molecule is CC12CCc3ccsc3C1=NNC(=O)C2. The molecule has 0 saturated carbocycles. The van der Waals surface area contributed by atoms with Gasteiger partial charge < -0.3 is 0 Å². The Kier molecular flexibility index (Phi) is 1.77. The van der Waals surface area contributed by atoms with Gasteiger partial charge in [0.2, 0.25) is 5.91 Å². The van der Waals surface area contributed by atoms with Crippen LogP contribution in [0.2, 0.25) is 0 Å². The zero-order chi connectivity index (χ0) is 10.5. The van der Waals surface area contributed by atoms with E-state index in [1.54, 1.807) is 11.3 Å². The second kappa shape index (κ2) is 2.92. The Morgan fingerprint density at radius 2 is 2.47 bits per heavy atom. The Morgan fingerprint density at radius 1 is 1.60 bits per heavy atom. The lowest BCUT2D eigenvalue weighted by Crippen LogP contribution is -2.43. The minimum atomic E-state index is -0.0415. The monoisotopic (exact) mass is 220 g/mol. The van der Waals surface area contributed by atoms with E-state index in [1.165, 1.54) is 10.4 Å². The van der Waals surface area contributed by atoms with Crippen molar-refractivity contribution in [1.29, 1.82) is 0 Å². The summed E-state index contributed by atoms with van der Waals surface area (Å²) < 4.78 is 0. The molecule has 1 aromatic rings. The lowest BCUT2D eigenvalue weighted by molar-refractivity contribution is -0.123. The maximum Gasteiger partial charge on any atom is 0.241 e. The summed E-state index contributed by atoms with van der Waals surface area (Å²) in [5.74, 6) is 0.0428. The van der Waals surface area contributed by atoms with E-state index in [4.69, 9.17) is 0 Å². The standard InChI is InChI=1S/C11H12N2OS/c1-11-4-2-7-3-5-15-9(7)10(11)13-12-8(14)6-11/h3,5H,2,4,6H2,1H3,(H,12,14). The van der Waals surface area contributed by atoms with Gasteiger partial charge in [0.15, 0.2) is 0 Å². The fourth-order valence-electron chi connectivity index (χ4n) is 2.41. The first kappa shape index (κ1) is 9.09. The molecule has 1 aliphatic carbocycles. The Labute approximate surface area is 92.2 Å². The van der Waals surface area contributed by atoms with E-state index in [-0.39, 0.29) is 11.3 Å². The number of nitrogens with one attached hydrogen (secondary N) is 1. The number of fused-ring (bicyclic) bond motifs is 3. The molecular weight excluding hydrogens is 208 g/mol. The quantitative estimate of drug-likeness (QED) is 0.713. The van der Waals surface area contributed by atoms with Gasteiger partial charge in [0, 0.05) is 11.8 Å². The highest BCUT2D eigenvalue weighted by Crippen LogP contribution is 2.41. The number of nitrogens with zero attached hydrogens (tertiary/aromatic N) is 1. The average Bonchev–Trinajstić information content (AvgIpc) is 2.63. The van der Waals surface area contributed by atoms with Gasteiger partial charge in [-0.2, -0.15) is 5.10 Å². The minimum Gasteiger partial charge on any atom is -0.273 e. The Morgan fingerprint density at radius 3 is 3.33 bits per heavy atom. The molecule has 1 amide bonds. The van der Waals surface area contributed by atoms with Crippen LogP contribution in [0, 0.1) is 5.41 Å². The number of thiophene rings is 1. The molecule has 2 aliphatic rings. The van der Waals surface area contributed by atoms with Crippen molar-refractivity contribution >= 4 is 23.0 Å². The van der Waals surface area contributed by atoms with E-state index in [1.807, 2.05) is 0 Å². The summed E-state index contributed by atoms with van der Waals surface area (Å²) >= 11 is 1.73. The van der Waals surface area contributed by atoms with Crippen molar-refractivity contribution in [3.8, 4) is 0 Å². The molecular formula is C11H12N2OS. The molecule has 0 spiro atoms. The highest BCUT2D eigenvalue weighted by molar-refractivity contribution is 7.12. The van der Waals surface area contributed by atoms with Crippen molar-refractivity contribution in [2.45, 2.75) is 26.2 Å². The van der Waals surface area contributed by atoms with E-state index >= 15 is 0 Å². The van der Waals surface area contributed by atoms with Crippen molar-refractivity contribution in [3.05, 3.63) is 21.9 Å². The predicted octanol–water partition coefficient (Wildman–Crippen LogP) is 1.92. The van der Waals surface area contributed by atoms with Gasteiger partial charge in [-0.1, -0.05) is 6.92 Å². The zero-order valence-electron chi connectivity index (χ0n) is 8.54. The molecule has 1 unspecified atom stereocenters. The Balaban J connectivity index is 2.15. The molecule has 1 atom stereocenters. The summed E-state index contributed by atoms with van der Waals surface area (Å²) in [6.07, 6.45) is 2.67. The van der Waals surface area contributed by atoms with Gasteiger partial charge in [-0.25, -0.2) is 5.43 Å². The summed E-state index contributed by atoms with van der Waals surface area (Å²) in [6.45, 7) is 2.15. The third kappa shape index (κ3) is 1.24. The van der Waals surface area contributed by atoms with Gasteiger partial charge in [-0.05, 0) is 29.9 Å². The summed E-state index contributed by atoms with van der Waals surface area (Å²) in [5.41, 5.74) is 5.01. The smallest absolute Gasteiger partial charge is 0.241 e. The number of hydrogen-bond donors (Lipinski definition) is 1. The average molecular weight is 220 g/mol. The molecule has 3 nitrogen and oxygen atoms in total. The summed E-state index contributed by atoms with van der Waals surface area (Å²) in [6, 6.07) is 2.17. The lowest BCUT2D eigenvalue weighted by Gasteiger charge is -2.36. The fraction of sp³-hybridized carbons (Fsp3) is 0.455. The van der Waals surface area contributed by atoms with Crippen molar-refractivity contribution in [2.75, 3.05) is 0 Å². The zero-order valence-corrected chi connectivity index (χ0v) is 9.36. The molecule has 15 heavy (non-hydrogen) atoms. The molecule has 0 saturated heterocycles. The molecule has 1 aliphatic heterocycles. The fourth-order valence-corrected chi connectivity index (χ4v) is 3.51. The van der Waals surface area contributed by atoms with E-state index in [0.717, 1.165) is 18.6 Å². The molecule has 2 heterocycles. The first-order valence-electron chi connectivity index (χ1n) is 5.13. The molecule has 78 valence electrons. The van der Waals surface area contributed by atoms with Crippen LogP contribution >= 0.6 is 11.3 Å². The van der Waals surface area contributed by atoms with Crippen LogP contribution in [0.25, 0.3) is 0 Å². The van der Waals surface area contributed by atoms with Crippen LogP contribution in [0.5, 0.6) is 0 Å². The van der Waals surface area contributed by atoms with E-state index in [2.05, 4.69) is 28.9 Å². The van der Waals surface area contributed by atoms with Crippen molar-refractivity contribution < 1.29 is 4.79 Å². The molecule has 4 heteroatoms. The molecule has 1 aromatic heterocycles. The number of rotatable bonds is 0. The number of aryl methyl sites for hydroxylation is 1. The van der Waals surface area contributed by atoms with Gasteiger partial charge in [0.25, 0.3) is 0 Å². The second-order valence-electron chi connectivity index (χ2n) is 4.51. The molecule has 0 aromatic carbocycles. The molecule has 3 rings (SSSR count). The summed E-state index contributed by atoms with van der Waals surface area (Å²) in [4.78, 5) is 12.6. The number of carbonyl (C=O) groups is 1. The van der Waals surface area contributed by atoms with Crippen LogP contribution in [0.3, 0.4) is 0 Å². The van der Waals surface area contributed by atoms with Crippen LogP contribution in [0.15, 0.2) is 16.5 Å². The van der Waals surface area contributed by atoms with Crippen LogP contribution < -0.4 is 5.43 Å². The maximum absolute atomic E-state index is 11.4. The number of hydrazone groups is 1. The third-order valence-electron chi connectivity index (χ3n) is 3.32. The van der Waals surface area contributed by atoms with Gasteiger partial charge in [0.1, 0.15) is 0 Å². The van der Waals surface area contributed by atoms with Crippen LogP contribution in [-0.4, -0.2) is 11.6 Å². The summed E-state index contributed by atoms with van der Waals surface area (Å²) in [7, 11) is 0. The lowest BCUT2D eigenvalue weighted by atomic mass is 9.71. The van der Waals surface area contributed by atoms with Gasteiger partial charge in [-0.3, -0.25) is 4.79 Å². The molecule has 0 radical (unpaired) electrons. The second-order valence-corrected chi connectivity index (χ2v) is 5.42. The first-order valence-corrected chi connectivity index (χ1v) is 6.01. The highest BCUT2D eigenvalue weighted by Gasteiger charge is 2.41. The van der Waals surface area contributed by atoms with Crippen molar-refractivity contribution in [2.24, 2.45) is 10.5 Å². The molecule has 0 bridgehead atoms. The number of amides is 1. The highest BCUT2D eigenvalue weighted by atomic mass is 32.1. The topological polar surface area (TPSA) is 41.5 Å². The first-order chi connectivity index (χ1) is 7.19. The summed E-state index contributed by atoms with van der Waals surface area (Å²) in [5, 5.41) is 6.35. The molecule has 1 N–H and O–H groups in total. The molecule has 0 fully saturated rings. The van der Waals surface area contributed by atoms with E-state index in [9.17, 15) is 4.79 Å². The van der Waals surface area contributed by atoms with E-state index in [0.29, 0.717) is 6.42 Å². The van der Waals surface area contributed by atoms with Crippen LogP contribution in [0.4, 0.5) is 0 Å². The maximum atomic E-state index is 11.4.